The first kappa shape index (κ1) is 23.2. The molecule has 3 aromatic rings. The molecule has 0 aliphatic rings. The molecule has 0 saturated heterocycles. The van der Waals surface area contributed by atoms with E-state index in [1.54, 1.807) is 0 Å². The molecule has 1 amide bonds. The molecule has 0 fully saturated rings. The van der Waals surface area contributed by atoms with Crippen LogP contribution in [0.4, 0.5) is 5.69 Å². The predicted molar refractivity (Wildman–Crippen MR) is 126 cm³/mol. The van der Waals surface area contributed by atoms with Crippen LogP contribution in [0.3, 0.4) is 0 Å². The fraction of sp³-hybridized carbons (Fsp3) is 0.348. The van der Waals surface area contributed by atoms with Gasteiger partial charge in [0.05, 0.1) is 12.4 Å². The molecule has 0 atom stereocenters. The molecule has 8 heteroatoms. The molecule has 0 radical (unpaired) electrons. The van der Waals surface area contributed by atoms with Gasteiger partial charge in [0.25, 0.3) is 0 Å². The Bertz CT molecular complexity index is 1040. The number of carbonyl (C=O) groups excluding carboxylic acids is 1. The van der Waals surface area contributed by atoms with Crippen LogP contribution >= 0.6 is 23.4 Å². The van der Waals surface area contributed by atoms with Gasteiger partial charge in [-0.25, -0.2) is 0 Å². The lowest BCUT2D eigenvalue weighted by Gasteiger charge is -2.10. The van der Waals surface area contributed by atoms with Gasteiger partial charge < -0.3 is 14.6 Å². The van der Waals surface area contributed by atoms with Gasteiger partial charge in [0.1, 0.15) is 11.6 Å². The quantitative estimate of drug-likeness (QED) is 0.329. The predicted octanol–water partition coefficient (Wildman–Crippen LogP) is 5.31. The van der Waals surface area contributed by atoms with Gasteiger partial charge in [0.2, 0.25) is 5.91 Å². The van der Waals surface area contributed by atoms with E-state index >= 15 is 0 Å². The minimum absolute atomic E-state index is 0.0606. The first-order valence-corrected chi connectivity index (χ1v) is 11.6. The summed E-state index contributed by atoms with van der Waals surface area (Å²) in [6, 6.07) is 13.4. The van der Waals surface area contributed by atoms with Gasteiger partial charge >= 0.3 is 0 Å². The Hall–Kier alpha value is -2.51. The number of nitrogens with zero attached hydrogens (tertiary/aromatic N) is 3. The zero-order valence-corrected chi connectivity index (χ0v) is 19.6. The third-order valence-electron chi connectivity index (χ3n) is 4.68. The van der Waals surface area contributed by atoms with Crippen molar-refractivity contribution in [3.05, 3.63) is 64.4 Å². The van der Waals surface area contributed by atoms with Crippen LogP contribution in [0.5, 0.6) is 5.75 Å². The molecule has 0 spiro atoms. The number of aromatic nitrogens is 3. The molecule has 0 aliphatic heterocycles. The Morgan fingerprint density at radius 2 is 2.03 bits per heavy atom. The Morgan fingerprint density at radius 1 is 1.19 bits per heavy atom. The lowest BCUT2D eigenvalue weighted by Crippen LogP contribution is -2.15. The van der Waals surface area contributed by atoms with E-state index in [1.807, 2.05) is 56.3 Å². The van der Waals surface area contributed by atoms with E-state index in [-0.39, 0.29) is 11.7 Å². The highest BCUT2D eigenvalue weighted by molar-refractivity contribution is 7.99. The van der Waals surface area contributed by atoms with E-state index in [9.17, 15) is 4.79 Å². The molecule has 164 valence electrons. The van der Waals surface area contributed by atoms with Crippen molar-refractivity contribution in [3.8, 4) is 5.75 Å². The van der Waals surface area contributed by atoms with E-state index in [0.29, 0.717) is 11.6 Å². The summed E-state index contributed by atoms with van der Waals surface area (Å²) in [6.07, 6.45) is 1.57. The molecule has 3 rings (SSSR count). The Morgan fingerprint density at radius 3 is 2.77 bits per heavy atom. The van der Waals surface area contributed by atoms with Crippen molar-refractivity contribution in [2.24, 2.45) is 0 Å². The van der Waals surface area contributed by atoms with Crippen LogP contribution in [0.15, 0.2) is 47.6 Å². The number of rotatable bonds is 10. The standard InChI is InChI=1S/C23H27ClN4O2S/c1-4-28-21(9-6-12-30-20-11-10-18(24)14-17(20)3)26-27-23(28)31-15-22(29)25-19-8-5-7-16(2)13-19/h5,7-8,10-11,13-14H,4,6,9,12,15H2,1-3H3,(H,25,29). The van der Waals surface area contributed by atoms with Gasteiger partial charge in [0.15, 0.2) is 5.16 Å². The summed E-state index contributed by atoms with van der Waals surface area (Å²) in [5, 5.41) is 13.0. The molecule has 6 nitrogen and oxygen atoms in total. The number of carbonyl (C=O) groups is 1. The number of anilines is 1. The zero-order valence-electron chi connectivity index (χ0n) is 18.0. The minimum Gasteiger partial charge on any atom is -0.493 e. The van der Waals surface area contributed by atoms with Crippen molar-refractivity contribution in [1.29, 1.82) is 0 Å². The molecule has 31 heavy (non-hydrogen) atoms. The minimum atomic E-state index is -0.0606. The van der Waals surface area contributed by atoms with Crippen molar-refractivity contribution in [3.63, 3.8) is 0 Å². The molecule has 2 aromatic carbocycles. The Labute approximate surface area is 192 Å². The fourth-order valence-electron chi connectivity index (χ4n) is 3.17. The van der Waals surface area contributed by atoms with Crippen molar-refractivity contribution in [2.45, 2.75) is 45.3 Å². The molecule has 1 heterocycles. The second-order valence-electron chi connectivity index (χ2n) is 7.21. The number of hydrogen-bond acceptors (Lipinski definition) is 5. The van der Waals surface area contributed by atoms with Crippen molar-refractivity contribution < 1.29 is 9.53 Å². The summed E-state index contributed by atoms with van der Waals surface area (Å²) in [5.41, 5.74) is 2.93. The molecule has 1 aromatic heterocycles. The van der Waals surface area contributed by atoms with Crippen molar-refractivity contribution in [2.75, 3.05) is 17.7 Å². The summed E-state index contributed by atoms with van der Waals surface area (Å²) in [6.45, 7) is 7.36. The number of halogens is 1. The van der Waals surface area contributed by atoms with Gasteiger partial charge in [-0.3, -0.25) is 4.79 Å². The lowest BCUT2D eigenvalue weighted by atomic mass is 10.2. The van der Waals surface area contributed by atoms with Crippen molar-refractivity contribution in [1.82, 2.24) is 14.8 Å². The number of amides is 1. The largest absolute Gasteiger partial charge is 0.493 e. The van der Waals surface area contributed by atoms with Crippen LogP contribution in [0.25, 0.3) is 0 Å². The van der Waals surface area contributed by atoms with Crippen LogP contribution in [0, 0.1) is 13.8 Å². The van der Waals surface area contributed by atoms with E-state index < -0.39 is 0 Å². The van der Waals surface area contributed by atoms with Crippen molar-refractivity contribution >= 4 is 35.0 Å². The van der Waals surface area contributed by atoms with E-state index in [2.05, 4.69) is 27.0 Å². The second kappa shape index (κ2) is 11.2. The highest BCUT2D eigenvalue weighted by atomic mass is 35.5. The van der Waals surface area contributed by atoms with Crippen LogP contribution < -0.4 is 10.1 Å². The number of nitrogens with one attached hydrogen (secondary N) is 1. The average molecular weight is 459 g/mol. The summed E-state index contributed by atoms with van der Waals surface area (Å²) < 4.78 is 7.92. The second-order valence-corrected chi connectivity index (χ2v) is 8.59. The normalized spacial score (nSPS) is 10.8. The van der Waals surface area contributed by atoms with Gasteiger partial charge in [-0.2, -0.15) is 0 Å². The monoisotopic (exact) mass is 458 g/mol. The average Bonchev–Trinajstić information content (AvgIpc) is 3.12. The Balaban J connectivity index is 1.48. The topological polar surface area (TPSA) is 69.0 Å². The third kappa shape index (κ3) is 6.74. The highest BCUT2D eigenvalue weighted by Gasteiger charge is 2.13. The summed E-state index contributed by atoms with van der Waals surface area (Å²) in [4.78, 5) is 12.3. The number of hydrogen-bond donors (Lipinski definition) is 1. The van der Waals surface area contributed by atoms with Gasteiger partial charge in [-0.05, 0) is 68.7 Å². The molecular formula is C23H27ClN4O2S. The maximum Gasteiger partial charge on any atom is 0.234 e. The smallest absolute Gasteiger partial charge is 0.234 e. The van der Waals surface area contributed by atoms with Crippen LogP contribution in [-0.4, -0.2) is 33.0 Å². The van der Waals surface area contributed by atoms with E-state index in [0.717, 1.165) is 52.9 Å². The molecule has 0 bridgehead atoms. The number of ether oxygens (including phenoxy) is 1. The maximum absolute atomic E-state index is 12.3. The van der Waals surface area contributed by atoms with Crippen LogP contribution in [0.2, 0.25) is 5.02 Å². The summed E-state index contributed by atoms with van der Waals surface area (Å²) >= 11 is 7.38. The number of aryl methyl sites for hydroxylation is 3. The van der Waals surface area contributed by atoms with E-state index in [1.165, 1.54) is 11.8 Å². The first-order chi connectivity index (χ1) is 15.0. The molecule has 0 aliphatic carbocycles. The third-order valence-corrected chi connectivity index (χ3v) is 5.88. The van der Waals surface area contributed by atoms with Gasteiger partial charge in [-0.15, -0.1) is 10.2 Å². The van der Waals surface area contributed by atoms with Crippen LogP contribution in [-0.2, 0) is 17.8 Å². The highest BCUT2D eigenvalue weighted by Crippen LogP contribution is 2.22. The van der Waals surface area contributed by atoms with E-state index in [4.69, 9.17) is 16.3 Å². The summed E-state index contributed by atoms with van der Waals surface area (Å²) in [5.74, 6) is 1.97. The Kier molecular flexibility index (Phi) is 8.37. The molecule has 0 unspecified atom stereocenters. The number of benzene rings is 2. The fourth-order valence-corrected chi connectivity index (χ4v) is 4.21. The van der Waals surface area contributed by atoms with Crippen LogP contribution in [0.1, 0.15) is 30.3 Å². The number of thioether (sulfide) groups is 1. The molecule has 1 N–H and O–H groups in total. The van der Waals surface area contributed by atoms with Gasteiger partial charge in [-0.1, -0.05) is 35.5 Å². The zero-order chi connectivity index (χ0) is 22.2. The SMILES string of the molecule is CCn1c(CCCOc2ccc(Cl)cc2C)nnc1SCC(=O)Nc1cccc(C)c1. The molecule has 0 saturated carbocycles. The maximum atomic E-state index is 12.3. The van der Waals surface area contributed by atoms with Gasteiger partial charge in [0, 0.05) is 23.7 Å². The molecular weight excluding hydrogens is 432 g/mol. The lowest BCUT2D eigenvalue weighted by molar-refractivity contribution is -0.113. The first-order valence-electron chi connectivity index (χ1n) is 10.3. The summed E-state index contributed by atoms with van der Waals surface area (Å²) in [7, 11) is 0.